The molecule has 0 unspecified atom stereocenters. The molecule has 2 nitrogen and oxygen atoms in total. The molecular formula is C14H13Br2NO. The topological polar surface area (TPSA) is 23.5 Å². The zero-order valence-electron chi connectivity index (χ0n) is 9.58. The standard InChI is InChI=1S/C14H13Br2NO/c15-13(11-7-3-1-4-8-11)14(16)17(18)12-9-5-2-6-10-12/h1-10,13-14,18H/t13-,14+/m1/s1. The number of hydroxylamine groups is 1. The molecule has 4 heteroatoms. The molecule has 0 fully saturated rings. The molecule has 2 rings (SSSR count). The maximum Gasteiger partial charge on any atom is 0.127 e. The van der Waals surface area contributed by atoms with E-state index in [1.54, 1.807) is 0 Å². The highest BCUT2D eigenvalue weighted by atomic mass is 79.9. The molecule has 0 spiro atoms. The van der Waals surface area contributed by atoms with Gasteiger partial charge in [-0.05, 0) is 17.7 Å². The molecule has 0 aliphatic rings. The number of benzene rings is 2. The average molecular weight is 371 g/mol. The summed E-state index contributed by atoms with van der Waals surface area (Å²) in [5.41, 5.74) is 1.86. The summed E-state index contributed by atoms with van der Waals surface area (Å²) >= 11 is 7.11. The van der Waals surface area contributed by atoms with Crippen LogP contribution in [0.25, 0.3) is 0 Å². The van der Waals surface area contributed by atoms with Gasteiger partial charge in [0, 0.05) is 0 Å². The first kappa shape index (κ1) is 13.6. The van der Waals surface area contributed by atoms with Gasteiger partial charge in [0.2, 0.25) is 0 Å². The highest BCUT2D eigenvalue weighted by Crippen LogP contribution is 2.34. The van der Waals surface area contributed by atoms with Crippen molar-refractivity contribution in [3.05, 3.63) is 66.2 Å². The molecule has 0 bridgehead atoms. The van der Waals surface area contributed by atoms with Crippen LogP contribution < -0.4 is 5.06 Å². The third kappa shape index (κ3) is 3.13. The maximum atomic E-state index is 10.2. The van der Waals surface area contributed by atoms with E-state index in [-0.39, 0.29) is 9.78 Å². The summed E-state index contributed by atoms with van der Waals surface area (Å²) in [5.74, 6) is 0. The molecule has 2 aromatic rings. The molecule has 94 valence electrons. The van der Waals surface area contributed by atoms with Gasteiger partial charge in [0.25, 0.3) is 0 Å². The van der Waals surface area contributed by atoms with E-state index in [0.29, 0.717) is 0 Å². The van der Waals surface area contributed by atoms with Crippen molar-refractivity contribution in [3.63, 3.8) is 0 Å². The van der Waals surface area contributed by atoms with Crippen molar-refractivity contribution in [1.82, 2.24) is 0 Å². The molecule has 2 atom stereocenters. The fourth-order valence-corrected chi connectivity index (χ4v) is 2.71. The van der Waals surface area contributed by atoms with E-state index in [1.165, 1.54) is 5.06 Å². The highest BCUT2D eigenvalue weighted by Gasteiger charge is 2.23. The third-order valence-electron chi connectivity index (χ3n) is 2.61. The van der Waals surface area contributed by atoms with Crippen LogP contribution in [0.5, 0.6) is 0 Å². The lowest BCUT2D eigenvalue weighted by molar-refractivity contribution is 0.246. The van der Waals surface area contributed by atoms with Gasteiger partial charge in [-0.15, -0.1) is 0 Å². The SMILES string of the molecule is ON(c1ccccc1)[C@H](Br)[C@H](Br)c1ccccc1. The van der Waals surface area contributed by atoms with Crippen molar-refractivity contribution in [1.29, 1.82) is 0 Å². The highest BCUT2D eigenvalue weighted by molar-refractivity contribution is 9.12. The Balaban J connectivity index is 2.14. The summed E-state index contributed by atoms with van der Waals surface area (Å²) in [6.45, 7) is 0. The van der Waals surface area contributed by atoms with Crippen molar-refractivity contribution in [2.75, 3.05) is 5.06 Å². The van der Waals surface area contributed by atoms with Crippen molar-refractivity contribution in [2.45, 2.75) is 9.78 Å². The summed E-state index contributed by atoms with van der Waals surface area (Å²) in [5, 5.41) is 11.4. The number of nitrogens with zero attached hydrogens (tertiary/aromatic N) is 1. The number of rotatable bonds is 4. The fraction of sp³-hybridized carbons (Fsp3) is 0.143. The van der Waals surface area contributed by atoms with Crippen LogP contribution in [-0.2, 0) is 0 Å². The quantitative estimate of drug-likeness (QED) is 0.477. The lowest BCUT2D eigenvalue weighted by Crippen LogP contribution is -2.30. The molecule has 0 aliphatic carbocycles. The van der Waals surface area contributed by atoms with Crippen LogP contribution in [0.15, 0.2) is 60.7 Å². The van der Waals surface area contributed by atoms with Crippen LogP contribution in [0.4, 0.5) is 5.69 Å². The second-order valence-electron chi connectivity index (χ2n) is 3.87. The van der Waals surface area contributed by atoms with Crippen LogP contribution in [-0.4, -0.2) is 10.2 Å². The number of para-hydroxylation sites is 1. The Morgan fingerprint density at radius 2 is 1.33 bits per heavy atom. The van der Waals surface area contributed by atoms with E-state index in [2.05, 4.69) is 31.9 Å². The van der Waals surface area contributed by atoms with Crippen molar-refractivity contribution in [3.8, 4) is 0 Å². The largest absolute Gasteiger partial charge is 0.287 e. The predicted molar refractivity (Wildman–Crippen MR) is 81.5 cm³/mol. The van der Waals surface area contributed by atoms with E-state index in [9.17, 15) is 5.21 Å². The Hall–Kier alpha value is -0.840. The molecule has 0 amide bonds. The number of anilines is 1. The summed E-state index contributed by atoms with van der Waals surface area (Å²) in [6, 6.07) is 19.4. The Kier molecular flexibility index (Phi) is 4.80. The van der Waals surface area contributed by atoms with Crippen LogP contribution in [0.3, 0.4) is 0 Å². The van der Waals surface area contributed by atoms with Crippen LogP contribution in [0.1, 0.15) is 10.4 Å². The van der Waals surface area contributed by atoms with Crippen molar-refractivity contribution in [2.24, 2.45) is 0 Å². The Morgan fingerprint density at radius 1 is 0.833 bits per heavy atom. The average Bonchev–Trinajstić information content (AvgIpc) is 2.47. The van der Waals surface area contributed by atoms with Crippen molar-refractivity contribution < 1.29 is 5.21 Å². The molecule has 1 N–H and O–H groups in total. The smallest absolute Gasteiger partial charge is 0.127 e. The second kappa shape index (κ2) is 6.36. The minimum atomic E-state index is -0.248. The molecule has 0 saturated heterocycles. The van der Waals surface area contributed by atoms with Gasteiger partial charge in [-0.2, -0.15) is 0 Å². The monoisotopic (exact) mass is 369 g/mol. The fourth-order valence-electron chi connectivity index (χ4n) is 1.64. The Labute approximate surface area is 123 Å². The van der Waals surface area contributed by atoms with E-state index in [0.717, 1.165) is 11.3 Å². The van der Waals surface area contributed by atoms with Gasteiger partial charge >= 0.3 is 0 Å². The maximum absolute atomic E-state index is 10.2. The second-order valence-corrected chi connectivity index (χ2v) is 5.79. The zero-order valence-corrected chi connectivity index (χ0v) is 12.8. The first-order chi connectivity index (χ1) is 8.70. The molecule has 0 aliphatic heterocycles. The minimum Gasteiger partial charge on any atom is -0.287 e. The summed E-state index contributed by atoms with van der Waals surface area (Å²) in [4.78, 5) is -0.258. The van der Waals surface area contributed by atoms with E-state index < -0.39 is 0 Å². The Morgan fingerprint density at radius 3 is 1.89 bits per heavy atom. The van der Waals surface area contributed by atoms with Gasteiger partial charge < -0.3 is 0 Å². The van der Waals surface area contributed by atoms with Gasteiger partial charge in [-0.3, -0.25) is 5.21 Å². The molecule has 0 heterocycles. The van der Waals surface area contributed by atoms with Crippen molar-refractivity contribution >= 4 is 37.5 Å². The number of halogens is 2. The number of alkyl halides is 2. The molecule has 18 heavy (non-hydrogen) atoms. The van der Waals surface area contributed by atoms with E-state index >= 15 is 0 Å². The van der Waals surface area contributed by atoms with E-state index in [1.807, 2.05) is 60.7 Å². The molecule has 2 aromatic carbocycles. The Bertz CT molecular complexity index is 432. The normalized spacial score (nSPS) is 13.9. The van der Waals surface area contributed by atoms with Gasteiger partial charge in [-0.25, -0.2) is 5.06 Å². The van der Waals surface area contributed by atoms with Gasteiger partial charge in [0.1, 0.15) is 4.95 Å². The van der Waals surface area contributed by atoms with Crippen LogP contribution >= 0.6 is 31.9 Å². The first-order valence-corrected chi connectivity index (χ1v) is 7.39. The van der Waals surface area contributed by atoms with Crippen LogP contribution in [0.2, 0.25) is 0 Å². The van der Waals surface area contributed by atoms with Gasteiger partial charge in [-0.1, -0.05) is 80.4 Å². The first-order valence-electron chi connectivity index (χ1n) is 5.56. The summed E-state index contributed by atoms with van der Waals surface area (Å²) in [6.07, 6.45) is 0. The third-order valence-corrected chi connectivity index (χ3v) is 5.27. The summed E-state index contributed by atoms with van der Waals surface area (Å²) < 4.78 is 0. The molecule has 0 aromatic heterocycles. The number of hydrogen-bond acceptors (Lipinski definition) is 2. The lowest BCUT2D eigenvalue weighted by Gasteiger charge is -2.27. The molecule has 0 saturated carbocycles. The minimum absolute atomic E-state index is 0.0103. The number of hydrogen-bond donors (Lipinski definition) is 1. The van der Waals surface area contributed by atoms with Gasteiger partial charge in [0.15, 0.2) is 0 Å². The predicted octanol–water partition coefficient (Wildman–Crippen LogP) is 4.74. The van der Waals surface area contributed by atoms with Gasteiger partial charge in [0.05, 0.1) is 10.5 Å². The lowest BCUT2D eigenvalue weighted by atomic mass is 10.1. The van der Waals surface area contributed by atoms with Crippen LogP contribution in [0, 0.1) is 0 Å². The van der Waals surface area contributed by atoms with E-state index in [4.69, 9.17) is 0 Å². The summed E-state index contributed by atoms with van der Waals surface area (Å²) in [7, 11) is 0. The molecule has 0 radical (unpaired) electrons. The molecular weight excluding hydrogens is 358 g/mol. The zero-order chi connectivity index (χ0) is 13.0.